The number of imide groups is 1. The molecule has 41 heavy (non-hydrogen) atoms. The molecule has 0 unspecified atom stereocenters. The predicted molar refractivity (Wildman–Crippen MR) is 156 cm³/mol. The van der Waals surface area contributed by atoms with E-state index < -0.39 is 6.04 Å². The molecule has 1 aliphatic heterocycles. The van der Waals surface area contributed by atoms with E-state index in [9.17, 15) is 14.0 Å². The number of thiophene rings is 1. The Kier molecular flexibility index (Phi) is 7.10. The zero-order chi connectivity index (χ0) is 28.5. The Morgan fingerprint density at radius 2 is 1.80 bits per heavy atom. The van der Waals surface area contributed by atoms with Crippen molar-refractivity contribution in [3.8, 4) is 17.6 Å². The highest BCUT2D eigenvalue weighted by atomic mass is 35.5. The Hall–Kier alpha value is -4.78. The number of hydrogen-bond donors (Lipinski definition) is 1. The van der Waals surface area contributed by atoms with Crippen molar-refractivity contribution in [3.63, 3.8) is 0 Å². The number of anilines is 2. The maximum absolute atomic E-state index is 13.4. The average Bonchev–Trinajstić information content (AvgIpc) is 3.50. The Morgan fingerprint density at radius 1 is 1.02 bits per heavy atom. The van der Waals surface area contributed by atoms with Gasteiger partial charge in [-0.2, -0.15) is 0 Å². The molecule has 0 saturated carbocycles. The van der Waals surface area contributed by atoms with Gasteiger partial charge in [0.05, 0.1) is 37.3 Å². The molecule has 1 aliphatic rings. The van der Waals surface area contributed by atoms with Gasteiger partial charge >= 0.3 is 0 Å². The van der Waals surface area contributed by atoms with E-state index in [2.05, 4.69) is 27.1 Å². The maximum Gasteiger partial charge on any atom is 0.262 e. The van der Waals surface area contributed by atoms with E-state index in [1.54, 1.807) is 61.5 Å². The minimum Gasteiger partial charge on any atom is -0.487 e. The summed E-state index contributed by atoms with van der Waals surface area (Å²) in [4.78, 5) is 36.2. The first-order valence-corrected chi connectivity index (χ1v) is 13.7. The second kappa shape index (κ2) is 11.0. The van der Waals surface area contributed by atoms with Gasteiger partial charge in [-0.25, -0.2) is 14.4 Å². The van der Waals surface area contributed by atoms with Crippen LogP contribution in [0.25, 0.3) is 10.2 Å². The largest absolute Gasteiger partial charge is 0.487 e. The normalized spacial score (nSPS) is 13.1. The minimum atomic E-state index is -0.611. The van der Waals surface area contributed by atoms with Crippen LogP contribution in [0.5, 0.6) is 5.75 Å². The molecule has 7 nitrogen and oxygen atoms in total. The number of fused-ring (bicyclic) bond motifs is 2. The lowest BCUT2D eigenvalue weighted by molar-refractivity contribution is 0.0630. The fourth-order valence-electron chi connectivity index (χ4n) is 4.42. The van der Waals surface area contributed by atoms with E-state index in [-0.39, 0.29) is 24.2 Å². The number of hydrogen-bond acceptors (Lipinski definition) is 7. The highest BCUT2D eigenvalue weighted by Gasteiger charge is 2.37. The smallest absolute Gasteiger partial charge is 0.262 e. The molecule has 10 heteroatoms. The van der Waals surface area contributed by atoms with Crippen molar-refractivity contribution in [1.29, 1.82) is 0 Å². The summed E-state index contributed by atoms with van der Waals surface area (Å²) in [5.74, 6) is 6.15. The lowest BCUT2D eigenvalue weighted by Gasteiger charge is -2.17. The molecule has 0 radical (unpaired) electrons. The number of carbonyl (C=O) groups excluding carboxylic acids is 2. The van der Waals surface area contributed by atoms with E-state index in [0.29, 0.717) is 49.4 Å². The van der Waals surface area contributed by atoms with Crippen LogP contribution < -0.4 is 10.1 Å². The maximum atomic E-state index is 13.4. The van der Waals surface area contributed by atoms with Gasteiger partial charge in [-0.15, -0.1) is 11.3 Å². The van der Waals surface area contributed by atoms with Crippen molar-refractivity contribution in [2.24, 2.45) is 0 Å². The molecule has 0 saturated heterocycles. The van der Waals surface area contributed by atoms with Crippen LogP contribution in [0.3, 0.4) is 0 Å². The molecule has 0 fully saturated rings. The highest BCUT2D eigenvalue weighted by molar-refractivity contribution is 7.20. The molecular weight excluding hydrogens is 563 g/mol. The van der Waals surface area contributed by atoms with Gasteiger partial charge < -0.3 is 10.1 Å². The highest BCUT2D eigenvalue weighted by Crippen LogP contribution is 2.33. The van der Waals surface area contributed by atoms with Crippen LogP contribution in [0.4, 0.5) is 15.9 Å². The molecule has 0 aliphatic carbocycles. The van der Waals surface area contributed by atoms with E-state index in [0.717, 1.165) is 4.70 Å². The first-order valence-electron chi connectivity index (χ1n) is 12.5. The Bertz CT molecular complexity index is 1860. The Labute approximate surface area is 243 Å². The summed E-state index contributed by atoms with van der Waals surface area (Å²) < 4.78 is 20.0. The van der Waals surface area contributed by atoms with Gasteiger partial charge in [0.2, 0.25) is 0 Å². The second-order valence-corrected chi connectivity index (χ2v) is 10.7. The SMILES string of the molecule is C[C@@H](C#Cc1cc2ncnc(Nc3ccc(OCc4cccc(F)c4)c(Cl)c3)c2s1)N1C(=O)c2ccccc2C1=O. The van der Waals surface area contributed by atoms with Gasteiger partial charge in [0.15, 0.2) is 5.82 Å². The first-order chi connectivity index (χ1) is 19.9. The molecule has 3 heterocycles. The van der Waals surface area contributed by atoms with E-state index in [1.165, 1.54) is 34.7 Å². The molecule has 6 rings (SSSR count). The second-order valence-electron chi connectivity index (χ2n) is 9.21. The van der Waals surface area contributed by atoms with Crippen LogP contribution in [0.1, 0.15) is 38.1 Å². The Balaban J connectivity index is 1.17. The molecule has 2 amide bonds. The molecule has 0 spiro atoms. The molecular formula is C31H20ClFN4O3S. The van der Waals surface area contributed by atoms with Crippen molar-refractivity contribution >= 4 is 56.5 Å². The third-order valence-corrected chi connectivity index (χ3v) is 7.75. The summed E-state index contributed by atoms with van der Waals surface area (Å²) in [6, 6.07) is 19.4. The summed E-state index contributed by atoms with van der Waals surface area (Å²) in [6.07, 6.45) is 1.45. The van der Waals surface area contributed by atoms with Crippen LogP contribution in [-0.2, 0) is 6.61 Å². The van der Waals surface area contributed by atoms with Gasteiger partial charge in [0.1, 0.15) is 24.5 Å². The lowest BCUT2D eigenvalue weighted by atomic mass is 10.1. The number of carbonyl (C=O) groups is 2. The number of ether oxygens (including phenoxy) is 1. The van der Waals surface area contributed by atoms with Gasteiger partial charge in [-0.1, -0.05) is 47.7 Å². The van der Waals surface area contributed by atoms with Crippen molar-refractivity contribution in [2.45, 2.75) is 19.6 Å². The van der Waals surface area contributed by atoms with Crippen molar-refractivity contribution in [1.82, 2.24) is 14.9 Å². The van der Waals surface area contributed by atoms with Gasteiger partial charge in [-0.05, 0) is 61.0 Å². The van der Waals surface area contributed by atoms with Crippen LogP contribution >= 0.6 is 22.9 Å². The number of aromatic nitrogens is 2. The first kappa shape index (κ1) is 26.4. The lowest BCUT2D eigenvalue weighted by Crippen LogP contribution is -2.37. The van der Waals surface area contributed by atoms with Crippen molar-refractivity contribution in [2.75, 3.05) is 5.32 Å². The summed E-state index contributed by atoms with van der Waals surface area (Å²) in [5.41, 5.74) is 2.87. The number of halogens is 2. The van der Waals surface area contributed by atoms with Crippen LogP contribution in [0.15, 0.2) is 79.1 Å². The zero-order valence-electron chi connectivity index (χ0n) is 21.5. The van der Waals surface area contributed by atoms with Crippen LogP contribution in [-0.4, -0.2) is 32.7 Å². The minimum absolute atomic E-state index is 0.182. The number of amides is 2. The van der Waals surface area contributed by atoms with Gasteiger partial charge in [0, 0.05) is 5.69 Å². The predicted octanol–water partition coefficient (Wildman–Crippen LogP) is 6.84. The topological polar surface area (TPSA) is 84.4 Å². The van der Waals surface area contributed by atoms with E-state index >= 15 is 0 Å². The van der Waals surface area contributed by atoms with Gasteiger partial charge in [0.25, 0.3) is 11.8 Å². The van der Waals surface area contributed by atoms with Crippen LogP contribution in [0, 0.1) is 17.7 Å². The fourth-order valence-corrected chi connectivity index (χ4v) is 5.58. The average molecular weight is 583 g/mol. The van der Waals surface area contributed by atoms with E-state index in [4.69, 9.17) is 16.3 Å². The number of benzene rings is 3. The zero-order valence-corrected chi connectivity index (χ0v) is 23.1. The van der Waals surface area contributed by atoms with Crippen molar-refractivity contribution in [3.05, 3.63) is 112 Å². The third-order valence-electron chi connectivity index (χ3n) is 6.41. The molecule has 2 aromatic heterocycles. The molecule has 1 N–H and O–H groups in total. The molecule has 202 valence electrons. The summed E-state index contributed by atoms with van der Waals surface area (Å²) in [7, 11) is 0. The standard InChI is InChI=1S/C31H20ClFN4O3S/c1-18(37-30(38)23-7-2-3-8-24(23)31(37)39)9-11-22-15-26-28(41-22)29(35-17-34-26)36-21-10-12-27(25(32)14-21)40-16-19-5-4-6-20(33)13-19/h2-8,10,12-15,17-18H,16H2,1H3,(H,34,35,36)/t18-/m0/s1. The van der Waals surface area contributed by atoms with E-state index in [1.807, 2.05) is 6.07 Å². The molecule has 3 aromatic carbocycles. The van der Waals surface area contributed by atoms with Crippen molar-refractivity contribution < 1.29 is 18.7 Å². The molecule has 1 atom stereocenters. The number of nitrogens with zero attached hydrogens (tertiary/aromatic N) is 3. The van der Waals surface area contributed by atoms with Gasteiger partial charge in [-0.3, -0.25) is 14.5 Å². The summed E-state index contributed by atoms with van der Waals surface area (Å²) in [5, 5.41) is 3.65. The van der Waals surface area contributed by atoms with Crippen LogP contribution in [0.2, 0.25) is 5.02 Å². The summed E-state index contributed by atoms with van der Waals surface area (Å²) in [6.45, 7) is 1.91. The molecule has 0 bridgehead atoms. The third kappa shape index (κ3) is 5.35. The quantitative estimate of drug-likeness (QED) is 0.174. The molecule has 5 aromatic rings. The number of nitrogens with one attached hydrogen (secondary N) is 1. The summed E-state index contributed by atoms with van der Waals surface area (Å²) >= 11 is 7.84. The monoisotopic (exact) mass is 582 g/mol. The fraction of sp³-hybridized carbons (Fsp3) is 0.0968. The Morgan fingerprint density at radius 3 is 2.54 bits per heavy atom. The number of rotatable bonds is 6.